The Balaban J connectivity index is 1.35. The number of hydrogen-bond acceptors (Lipinski definition) is 4. The van der Waals surface area contributed by atoms with E-state index in [0.717, 1.165) is 31.4 Å². The van der Waals surface area contributed by atoms with Gasteiger partial charge in [-0.3, -0.25) is 14.4 Å². The molecule has 0 radical (unpaired) electrons. The van der Waals surface area contributed by atoms with E-state index in [4.69, 9.17) is 4.74 Å². The molecule has 1 aromatic rings. The maximum Gasteiger partial charge on any atom is 0.227 e. The molecule has 0 aromatic heterocycles. The van der Waals surface area contributed by atoms with Gasteiger partial charge in [0.25, 0.3) is 0 Å². The number of carbonyl (C=O) groups excluding carboxylic acids is 3. The van der Waals surface area contributed by atoms with E-state index in [1.54, 1.807) is 12.0 Å². The molecule has 7 nitrogen and oxygen atoms in total. The Morgan fingerprint density at radius 2 is 2.10 bits per heavy atom. The van der Waals surface area contributed by atoms with E-state index in [2.05, 4.69) is 24.5 Å². The van der Waals surface area contributed by atoms with Gasteiger partial charge in [0.1, 0.15) is 5.75 Å². The first-order chi connectivity index (χ1) is 14.9. The lowest BCUT2D eigenvalue weighted by molar-refractivity contribution is -0.133. The van der Waals surface area contributed by atoms with Crippen LogP contribution in [0.15, 0.2) is 24.3 Å². The summed E-state index contributed by atoms with van der Waals surface area (Å²) in [7, 11) is 1.59. The minimum absolute atomic E-state index is 0.0420. The number of amides is 3. The minimum atomic E-state index is -0.360. The first-order valence-corrected chi connectivity index (χ1v) is 11.5. The summed E-state index contributed by atoms with van der Waals surface area (Å²) in [5.74, 6) is 1.32. The van der Waals surface area contributed by atoms with Gasteiger partial charge in [0, 0.05) is 42.7 Å². The number of carbonyl (C=O) groups is 3. The Morgan fingerprint density at radius 3 is 2.84 bits per heavy atom. The van der Waals surface area contributed by atoms with Crippen LogP contribution in [0.1, 0.15) is 46.0 Å². The molecule has 0 bridgehead atoms. The first kappa shape index (κ1) is 21.7. The number of hydrogen-bond donors (Lipinski definition) is 2. The van der Waals surface area contributed by atoms with Crippen LogP contribution in [0.2, 0.25) is 0 Å². The SMILES string of the molecule is CCC1C(=O)NC2CC(NC(=O)C3CC(=O)N(c4cccc(OC)c4)C3)CCC2C1C. The molecular formula is C24H33N3O4. The fourth-order valence-corrected chi connectivity index (χ4v) is 5.73. The van der Waals surface area contributed by atoms with Crippen LogP contribution in [0.25, 0.3) is 0 Å². The van der Waals surface area contributed by atoms with Crippen LogP contribution in [-0.2, 0) is 14.4 Å². The molecule has 6 atom stereocenters. The monoisotopic (exact) mass is 427 g/mol. The molecule has 1 aromatic carbocycles. The van der Waals surface area contributed by atoms with E-state index in [-0.39, 0.29) is 48.1 Å². The third-order valence-electron chi connectivity index (χ3n) is 7.53. The molecule has 1 aliphatic carbocycles. The Bertz CT molecular complexity index is 857. The van der Waals surface area contributed by atoms with Crippen molar-refractivity contribution in [3.63, 3.8) is 0 Å². The standard InChI is InChI=1S/C24H33N3O4/c1-4-19-14(2)20-9-8-16(11-21(20)26-24(19)30)25-23(29)15-10-22(28)27(13-15)17-6-5-7-18(12-17)31-3/h5-7,12,14-16,19-21H,4,8-11,13H2,1-3H3,(H,25,29)(H,26,30). The molecule has 3 aliphatic rings. The molecule has 1 saturated carbocycles. The van der Waals surface area contributed by atoms with E-state index < -0.39 is 0 Å². The largest absolute Gasteiger partial charge is 0.497 e. The van der Waals surface area contributed by atoms with Crippen molar-refractivity contribution < 1.29 is 19.1 Å². The van der Waals surface area contributed by atoms with Gasteiger partial charge in [0.2, 0.25) is 17.7 Å². The number of ether oxygens (including phenoxy) is 1. The van der Waals surface area contributed by atoms with Crippen molar-refractivity contribution in [2.24, 2.45) is 23.7 Å². The molecule has 4 rings (SSSR count). The molecule has 2 saturated heterocycles. The number of nitrogens with zero attached hydrogens (tertiary/aromatic N) is 1. The van der Waals surface area contributed by atoms with E-state index in [1.807, 2.05) is 24.3 Å². The highest BCUT2D eigenvalue weighted by atomic mass is 16.5. The van der Waals surface area contributed by atoms with E-state index in [0.29, 0.717) is 24.1 Å². The summed E-state index contributed by atoms with van der Waals surface area (Å²) in [6, 6.07) is 7.52. The fraction of sp³-hybridized carbons (Fsp3) is 0.625. The summed E-state index contributed by atoms with van der Waals surface area (Å²) in [4.78, 5) is 39.6. The van der Waals surface area contributed by atoms with Gasteiger partial charge >= 0.3 is 0 Å². The second-order valence-corrected chi connectivity index (χ2v) is 9.28. The number of methoxy groups -OCH3 is 1. The van der Waals surface area contributed by atoms with Crippen molar-refractivity contribution in [2.45, 2.75) is 58.0 Å². The molecule has 7 heteroatoms. The van der Waals surface area contributed by atoms with Crippen LogP contribution in [-0.4, -0.2) is 43.5 Å². The van der Waals surface area contributed by atoms with Crippen LogP contribution >= 0.6 is 0 Å². The minimum Gasteiger partial charge on any atom is -0.497 e. The van der Waals surface area contributed by atoms with E-state index >= 15 is 0 Å². The number of rotatable bonds is 5. The Hall–Kier alpha value is -2.57. The van der Waals surface area contributed by atoms with Crippen LogP contribution in [0, 0.1) is 23.7 Å². The molecule has 2 heterocycles. The maximum absolute atomic E-state index is 12.9. The third kappa shape index (κ3) is 4.27. The number of anilines is 1. The Kier molecular flexibility index (Phi) is 6.21. The fourth-order valence-electron chi connectivity index (χ4n) is 5.73. The number of benzene rings is 1. The smallest absolute Gasteiger partial charge is 0.227 e. The predicted molar refractivity (Wildman–Crippen MR) is 118 cm³/mol. The maximum atomic E-state index is 12.9. The van der Waals surface area contributed by atoms with Crippen molar-refractivity contribution in [2.75, 3.05) is 18.6 Å². The highest BCUT2D eigenvalue weighted by molar-refractivity contribution is 6.00. The summed E-state index contributed by atoms with van der Waals surface area (Å²) in [5, 5.41) is 6.37. The second-order valence-electron chi connectivity index (χ2n) is 9.28. The van der Waals surface area contributed by atoms with Gasteiger partial charge < -0.3 is 20.3 Å². The lowest BCUT2D eigenvalue weighted by Crippen LogP contribution is -2.58. The highest BCUT2D eigenvalue weighted by Crippen LogP contribution is 2.39. The van der Waals surface area contributed by atoms with E-state index in [9.17, 15) is 14.4 Å². The van der Waals surface area contributed by atoms with Gasteiger partial charge in [0.05, 0.1) is 13.0 Å². The van der Waals surface area contributed by atoms with Crippen LogP contribution in [0.3, 0.4) is 0 Å². The molecule has 0 spiro atoms. The Morgan fingerprint density at radius 1 is 1.29 bits per heavy atom. The molecule has 6 unspecified atom stereocenters. The zero-order valence-corrected chi connectivity index (χ0v) is 18.6. The molecule has 3 fully saturated rings. The van der Waals surface area contributed by atoms with Crippen molar-refractivity contribution in [1.82, 2.24) is 10.6 Å². The summed E-state index contributed by atoms with van der Waals surface area (Å²) in [6.07, 6.45) is 3.78. The lowest BCUT2D eigenvalue weighted by atomic mass is 9.67. The van der Waals surface area contributed by atoms with Crippen molar-refractivity contribution in [3.05, 3.63) is 24.3 Å². The average molecular weight is 428 g/mol. The average Bonchev–Trinajstić information content (AvgIpc) is 3.15. The Labute approximate surface area is 183 Å². The quantitative estimate of drug-likeness (QED) is 0.756. The van der Waals surface area contributed by atoms with Gasteiger partial charge in [-0.1, -0.05) is 19.9 Å². The van der Waals surface area contributed by atoms with Crippen molar-refractivity contribution in [3.8, 4) is 5.75 Å². The summed E-state index contributed by atoms with van der Waals surface area (Å²) >= 11 is 0. The molecule has 2 N–H and O–H groups in total. The number of fused-ring (bicyclic) bond motifs is 1. The number of piperidine rings is 1. The molecule has 31 heavy (non-hydrogen) atoms. The molecule has 2 aliphatic heterocycles. The van der Waals surface area contributed by atoms with Crippen molar-refractivity contribution >= 4 is 23.4 Å². The summed E-state index contributed by atoms with van der Waals surface area (Å²) in [6.45, 7) is 4.65. The van der Waals surface area contributed by atoms with Gasteiger partial charge in [-0.25, -0.2) is 0 Å². The second kappa shape index (κ2) is 8.89. The zero-order chi connectivity index (χ0) is 22.1. The molecule has 3 amide bonds. The predicted octanol–water partition coefficient (Wildman–Crippen LogP) is 2.49. The van der Waals surface area contributed by atoms with E-state index in [1.165, 1.54) is 0 Å². The van der Waals surface area contributed by atoms with Crippen LogP contribution in [0.5, 0.6) is 5.75 Å². The topological polar surface area (TPSA) is 87.7 Å². The molecular weight excluding hydrogens is 394 g/mol. The van der Waals surface area contributed by atoms with Crippen LogP contribution in [0.4, 0.5) is 5.69 Å². The van der Waals surface area contributed by atoms with Crippen molar-refractivity contribution in [1.29, 1.82) is 0 Å². The van der Waals surface area contributed by atoms with Gasteiger partial charge in [-0.15, -0.1) is 0 Å². The zero-order valence-electron chi connectivity index (χ0n) is 18.6. The van der Waals surface area contributed by atoms with Gasteiger partial charge in [0.15, 0.2) is 0 Å². The van der Waals surface area contributed by atoms with Gasteiger partial charge in [-0.05, 0) is 49.7 Å². The normalized spacial score (nSPS) is 32.9. The number of nitrogens with one attached hydrogen (secondary N) is 2. The lowest BCUT2D eigenvalue weighted by Gasteiger charge is -2.46. The third-order valence-corrected chi connectivity index (χ3v) is 7.53. The van der Waals surface area contributed by atoms with Crippen LogP contribution < -0.4 is 20.3 Å². The van der Waals surface area contributed by atoms with Gasteiger partial charge in [-0.2, -0.15) is 0 Å². The highest BCUT2D eigenvalue weighted by Gasteiger charge is 2.44. The first-order valence-electron chi connectivity index (χ1n) is 11.5. The molecule has 168 valence electrons. The summed E-state index contributed by atoms with van der Waals surface area (Å²) < 4.78 is 5.25. The summed E-state index contributed by atoms with van der Waals surface area (Å²) in [5.41, 5.74) is 0.754.